The monoisotopic (exact) mass is 438 g/mol. The lowest BCUT2D eigenvalue weighted by Crippen LogP contribution is -2.20. The minimum absolute atomic E-state index is 0.0480. The third kappa shape index (κ3) is 5.60. The fourth-order valence-corrected chi connectivity index (χ4v) is 3.38. The van der Waals surface area contributed by atoms with Crippen molar-refractivity contribution in [2.45, 2.75) is 20.4 Å². The first-order valence-electron chi connectivity index (χ1n) is 9.08. The van der Waals surface area contributed by atoms with Crippen LogP contribution < -0.4 is 15.4 Å². The lowest BCUT2D eigenvalue weighted by Gasteiger charge is -2.12. The Morgan fingerprint density at radius 3 is 2.50 bits per heavy atom. The van der Waals surface area contributed by atoms with Gasteiger partial charge in [-0.15, -0.1) is 0 Å². The summed E-state index contributed by atoms with van der Waals surface area (Å²) < 4.78 is 6.46. The molecule has 0 aliphatic rings. The predicted molar refractivity (Wildman–Crippen MR) is 118 cm³/mol. The number of ether oxygens (including phenoxy) is 1. The summed E-state index contributed by atoms with van der Waals surface area (Å²) >= 11 is 3.53. The molecule has 5 heteroatoms. The van der Waals surface area contributed by atoms with E-state index in [1.165, 1.54) is 11.1 Å². The molecule has 3 aromatic rings. The van der Waals surface area contributed by atoms with Gasteiger partial charge in [0.2, 0.25) is 0 Å². The van der Waals surface area contributed by atoms with E-state index in [1.54, 1.807) is 0 Å². The number of benzene rings is 3. The molecular weight excluding hydrogens is 416 g/mol. The van der Waals surface area contributed by atoms with Crippen LogP contribution in [0.4, 0.5) is 11.4 Å². The first-order chi connectivity index (χ1) is 13.5. The van der Waals surface area contributed by atoms with Crippen molar-refractivity contribution >= 4 is 33.2 Å². The Kier molecular flexibility index (Phi) is 6.71. The number of anilines is 2. The van der Waals surface area contributed by atoms with E-state index in [0.717, 1.165) is 21.4 Å². The molecule has 28 heavy (non-hydrogen) atoms. The quantitative estimate of drug-likeness (QED) is 0.497. The van der Waals surface area contributed by atoms with Crippen molar-refractivity contribution in [1.82, 2.24) is 0 Å². The number of carbonyl (C=O) groups excluding carboxylic acids is 1. The summed E-state index contributed by atoms with van der Waals surface area (Å²) in [6.07, 6.45) is 0. The fraction of sp³-hybridized carbons (Fsp3) is 0.174. The number of amides is 1. The topological polar surface area (TPSA) is 50.4 Å². The number of carbonyl (C=O) groups is 1. The number of aryl methyl sites for hydroxylation is 2. The summed E-state index contributed by atoms with van der Waals surface area (Å²) in [5.41, 5.74) is 5.47. The van der Waals surface area contributed by atoms with Crippen LogP contribution in [0, 0.1) is 13.8 Å². The van der Waals surface area contributed by atoms with E-state index in [9.17, 15) is 4.79 Å². The molecule has 0 saturated heterocycles. The smallest absolute Gasteiger partial charge is 0.262 e. The minimum atomic E-state index is -0.196. The van der Waals surface area contributed by atoms with E-state index < -0.39 is 0 Å². The molecule has 0 spiro atoms. The van der Waals surface area contributed by atoms with E-state index in [1.807, 2.05) is 48.5 Å². The zero-order chi connectivity index (χ0) is 19.9. The highest BCUT2D eigenvalue weighted by molar-refractivity contribution is 9.10. The minimum Gasteiger partial charge on any atom is -0.483 e. The van der Waals surface area contributed by atoms with Crippen molar-refractivity contribution in [3.63, 3.8) is 0 Å². The molecule has 0 aliphatic carbocycles. The van der Waals surface area contributed by atoms with E-state index in [0.29, 0.717) is 12.3 Å². The molecule has 4 nitrogen and oxygen atoms in total. The molecule has 0 heterocycles. The van der Waals surface area contributed by atoms with Gasteiger partial charge in [0.15, 0.2) is 6.61 Å². The van der Waals surface area contributed by atoms with Gasteiger partial charge in [-0.3, -0.25) is 4.79 Å². The van der Waals surface area contributed by atoms with Crippen molar-refractivity contribution in [3.05, 3.63) is 87.9 Å². The Balaban J connectivity index is 1.54. The highest BCUT2D eigenvalue weighted by atomic mass is 79.9. The van der Waals surface area contributed by atoms with Gasteiger partial charge >= 0.3 is 0 Å². The van der Waals surface area contributed by atoms with E-state index in [-0.39, 0.29) is 12.5 Å². The van der Waals surface area contributed by atoms with Crippen LogP contribution >= 0.6 is 15.9 Å². The van der Waals surface area contributed by atoms with Gasteiger partial charge in [0, 0.05) is 17.9 Å². The number of hydrogen-bond donors (Lipinski definition) is 2. The van der Waals surface area contributed by atoms with Crippen LogP contribution in [0.1, 0.15) is 16.7 Å². The van der Waals surface area contributed by atoms with Crippen LogP contribution in [-0.2, 0) is 11.3 Å². The number of rotatable bonds is 7. The van der Waals surface area contributed by atoms with Crippen molar-refractivity contribution in [2.24, 2.45) is 0 Å². The fourth-order valence-electron chi connectivity index (χ4n) is 2.84. The molecular formula is C23H23BrN2O2. The molecule has 0 atom stereocenters. The third-order valence-corrected chi connectivity index (χ3v) is 4.90. The highest BCUT2D eigenvalue weighted by Gasteiger charge is 2.07. The van der Waals surface area contributed by atoms with Gasteiger partial charge in [0.25, 0.3) is 5.91 Å². The molecule has 1 amide bonds. The first-order valence-corrected chi connectivity index (χ1v) is 9.88. The molecule has 0 saturated carbocycles. The van der Waals surface area contributed by atoms with Gasteiger partial charge in [-0.05, 0) is 71.2 Å². The molecule has 3 rings (SSSR count). The van der Waals surface area contributed by atoms with Crippen molar-refractivity contribution < 1.29 is 9.53 Å². The molecule has 0 aromatic heterocycles. The molecule has 0 radical (unpaired) electrons. The number of para-hydroxylation sites is 1. The van der Waals surface area contributed by atoms with Gasteiger partial charge in [-0.2, -0.15) is 0 Å². The largest absolute Gasteiger partial charge is 0.483 e. The highest BCUT2D eigenvalue weighted by Crippen LogP contribution is 2.27. The van der Waals surface area contributed by atoms with Crippen LogP contribution in [0.25, 0.3) is 0 Å². The summed E-state index contributed by atoms with van der Waals surface area (Å²) in [6.45, 7) is 4.85. The van der Waals surface area contributed by atoms with Crippen molar-refractivity contribution in [2.75, 3.05) is 17.2 Å². The maximum atomic E-state index is 12.0. The van der Waals surface area contributed by atoms with E-state index in [4.69, 9.17) is 4.74 Å². The maximum Gasteiger partial charge on any atom is 0.262 e. The molecule has 2 N–H and O–H groups in total. The third-order valence-electron chi connectivity index (χ3n) is 4.28. The van der Waals surface area contributed by atoms with Crippen LogP contribution in [0.5, 0.6) is 5.75 Å². The zero-order valence-electron chi connectivity index (χ0n) is 16.0. The second kappa shape index (κ2) is 9.42. The van der Waals surface area contributed by atoms with Crippen LogP contribution in [0.3, 0.4) is 0 Å². The van der Waals surface area contributed by atoms with Gasteiger partial charge in [0.05, 0.1) is 4.47 Å². The number of nitrogens with one attached hydrogen (secondary N) is 2. The normalized spacial score (nSPS) is 10.4. The summed E-state index contributed by atoms with van der Waals surface area (Å²) in [4.78, 5) is 12.0. The van der Waals surface area contributed by atoms with Crippen molar-refractivity contribution in [1.29, 1.82) is 0 Å². The van der Waals surface area contributed by atoms with Gasteiger partial charge in [-0.25, -0.2) is 0 Å². The Labute approximate surface area is 174 Å². The second-order valence-electron chi connectivity index (χ2n) is 6.64. The molecule has 0 bridgehead atoms. The molecule has 3 aromatic carbocycles. The van der Waals surface area contributed by atoms with Gasteiger partial charge in [0.1, 0.15) is 5.75 Å². The van der Waals surface area contributed by atoms with Crippen molar-refractivity contribution in [3.8, 4) is 5.75 Å². The maximum absolute atomic E-state index is 12.0. The van der Waals surface area contributed by atoms with Crippen LogP contribution in [0.2, 0.25) is 0 Å². The Morgan fingerprint density at radius 1 is 1.00 bits per heavy atom. The van der Waals surface area contributed by atoms with E-state index >= 15 is 0 Å². The average molecular weight is 439 g/mol. The second-order valence-corrected chi connectivity index (χ2v) is 7.49. The SMILES string of the molecule is Cc1ccc(NCc2ccc(OCC(=O)Nc3ccccc3)c(Br)c2)c(C)c1. The molecule has 0 fully saturated rings. The molecule has 0 unspecified atom stereocenters. The van der Waals surface area contributed by atoms with E-state index in [2.05, 4.69) is 58.6 Å². The summed E-state index contributed by atoms with van der Waals surface area (Å²) in [6, 6.07) is 21.6. The molecule has 0 aliphatic heterocycles. The lowest BCUT2D eigenvalue weighted by atomic mass is 10.1. The standard InChI is InChI=1S/C23H23BrN2O2/c1-16-8-10-21(17(2)12-16)25-14-18-9-11-22(20(24)13-18)28-15-23(27)26-19-6-4-3-5-7-19/h3-13,25H,14-15H2,1-2H3,(H,26,27). The zero-order valence-corrected chi connectivity index (χ0v) is 17.5. The van der Waals surface area contributed by atoms with Crippen LogP contribution in [-0.4, -0.2) is 12.5 Å². The molecule has 144 valence electrons. The van der Waals surface area contributed by atoms with Gasteiger partial charge in [-0.1, -0.05) is 42.0 Å². The predicted octanol–water partition coefficient (Wildman–Crippen LogP) is 5.70. The summed E-state index contributed by atoms with van der Waals surface area (Å²) in [7, 11) is 0. The average Bonchev–Trinajstić information content (AvgIpc) is 2.67. The van der Waals surface area contributed by atoms with Crippen LogP contribution in [0.15, 0.2) is 71.2 Å². The Morgan fingerprint density at radius 2 is 1.79 bits per heavy atom. The Bertz CT molecular complexity index is 958. The number of hydrogen-bond acceptors (Lipinski definition) is 3. The Hall–Kier alpha value is -2.79. The lowest BCUT2D eigenvalue weighted by molar-refractivity contribution is -0.118. The first kappa shape index (κ1) is 20.0. The number of halogens is 1. The summed E-state index contributed by atoms with van der Waals surface area (Å²) in [5, 5.41) is 6.26. The van der Waals surface area contributed by atoms with Gasteiger partial charge < -0.3 is 15.4 Å². The summed E-state index contributed by atoms with van der Waals surface area (Å²) in [5.74, 6) is 0.442.